The van der Waals surface area contributed by atoms with Gasteiger partial charge in [-0.15, -0.1) is 5.10 Å². The highest BCUT2D eigenvalue weighted by Crippen LogP contribution is 2.38. The largest absolute Gasteiger partial charge is 0.493 e. The van der Waals surface area contributed by atoms with Crippen molar-refractivity contribution in [2.24, 2.45) is 0 Å². The van der Waals surface area contributed by atoms with E-state index in [1.54, 1.807) is 43.1 Å². The van der Waals surface area contributed by atoms with E-state index in [1.807, 2.05) is 37.3 Å². The van der Waals surface area contributed by atoms with Gasteiger partial charge in [0.1, 0.15) is 5.75 Å². The number of methoxy groups -OCH3 is 1. The van der Waals surface area contributed by atoms with Crippen LogP contribution in [0.15, 0.2) is 66.9 Å². The molecule has 6 rings (SSSR count). The number of aromatic nitrogens is 4. The van der Waals surface area contributed by atoms with E-state index < -0.39 is 11.7 Å². The van der Waals surface area contributed by atoms with Gasteiger partial charge < -0.3 is 24.4 Å². The lowest BCUT2D eigenvalue weighted by Crippen LogP contribution is -2.21. The Kier molecular flexibility index (Phi) is 8.88. The standard InChI is InChI=1S/C34H35FN6O4/c1-22-9-4-5-10-28(22)41-23(2)33(38-39-41)34(42)37-24-11-12-30(26(35)19-24)45-29-13-14-36-27-21-32(31(43-3)20-25(27)29)44-18-8-17-40-15-6-7-16-40/h4-5,9-14,19-21H,6-8,15-18H2,1-3H3,(H,37,42). The summed E-state index contributed by atoms with van der Waals surface area (Å²) >= 11 is 0. The monoisotopic (exact) mass is 610 g/mol. The van der Waals surface area contributed by atoms with Gasteiger partial charge in [0.05, 0.1) is 30.6 Å². The summed E-state index contributed by atoms with van der Waals surface area (Å²) in [6, 6.07) is 17.2. The Morgan fingerprint density at radius 3 is 2.58 bits per heavy atom. The van der Waals surface area contributed by atoms with Gasteiger partial charge in [0.25, 0.3) is 5.91 Å². The van der Waals surface area contributed by atoms with Gasteiger partial charge in [0.15, 0.2) is 28.8 Å². The van der Waals surface area contributed by atoms with Gasteiger partial charge in [0, 0.05) is 35.9 Å². The van der Waals surface area contributed by atoms with Crippen LogP contribution >= 0.6 is 0 Å². The number of likely N-dealkylation sites (tertiary alicyclic amines) is 1. The number of para-hydroxylation sites is 1. The Balaban J connectivity index is 1.14. The molecule has 2 aromatic heterocycles. The number of fused-ring (bicyclic) bond motifs is 1. The summed E-state index contributed by atoms with van der Waals surface area (Å²) in [6.45, 7) is 7.60. The lowest BCUT2D eigenvalue weighted by Gasteiger charge is -2.16. The first-order valence-electron chi connectivity index (χ1n) is 15.0. The maximum Gasteiger partial charge on any atom is 0.278 e. The normalized spacial score (nSPS) is 13.2. The van der Waals surface area contributed by atoms with Gasteiger partial charge in [-0.1, -0.05) is 23.4 Å². The zero-order valence-electron chi connectivity index (χ0n) is 25.5. The molecule has 0 atom stereocenters. The molecule has 0 unspecified atom stereocenters. The maximum atomic E-state index is 15.3. The summed E-state index contributed by atoms with van der Waals surface area (Å²) in [6.07, 6.45) is 5.04. The molecule has 0 bridgehead atoms. The molecule has 3 aromatic carbocycles. The minimum atomic E-state index is -0.650. The van der Waals surface area contributed by atoms with Crippen molar-refractivity contribution in [1.29, 1.82) is 0 Å². The molecule has 11 heteroatoms. The molecular weight excluding hydrogens is 575 g/mol. The highest BCUT2D eigenvalue weighted by atomic mass is 19.1. The van der Waals surface area contributed by atoms with Crippen LogP contribution in [-0.4, -0.2) is 64.1 Å². The van der Waals surface area contributed by atoms with Crippen LogP contribution < -0.4 is 19.5 Å². The van der Waals surface area contributed by atoms with Gasteiger partial charge in [-0.3, -0.25) is 9.78 Å². The van der Waals surface area contributed by atoms with Gasteiger partial charge in [0.2, 0.25) is 0 Å². The van der Waals surface area contributed by atoms with Gasteiger partial charge in [-0.25, -0.2) is 9.07 Å². The molecule has 0 spiro atoms. The number of nitrogens with zero attached hydrogens (tertiary/aromatic N) is 5. The number of carbonyl (C=O) groups excluding carboxylic acids is 1. The van der Waals surface area contributed by atoms with E-state index in [4.69, 9.17) is 14.2 Å². The van der Waals surface area contributed by atoms with E-state index in [9.17, 15) is 4.79 Å². The second-order valence-electron chi connectivity index (χ2n) is 11.0. The first kappa shape index (κ1) is 30.0. The van der Waals surface area contributed by atoms with Crippen LogP contribution in [0, 0.1) is 19.7 Å². The fourth-order valence-electron chi connectivity index (χ4n) is 5.51. The number of aryl methyl sites for hydroxylation is 1. The quantitative estimate of drug-likeness (QED) is 0.169. The van der Waals surface area contributed by atoms with Crippen molar-refractivity contribution in [2.75, 3.05) is 38.7 Å². The molecule has 45 heavy (non-hydrogen) atoms. The van der Waals surface area contributed by atoms with Crippen molar-refractivity contribution < 1.29 is 23.4 Å². The van der Waals surface area contributed by atoms with E-state index in [0.29, 0.717) is 40.5 Å². The molecule has 5 aromatic rings. The van der Waals surface area contributed by atoms with Crippen molar-refractivity contribution in [2.45, 2.75) is 33.1 Å². The number of benzene rings is 3. The van der Waals surface area contributed by atoms with E-state index >= 15 is 4.39 Å². The first-order valence-corrected chi connectivity index (χ1v) is 15.0. The number of rotatable bonds is 11. The van der Waals surface area contributed by atoms with E-state index in [1.165, 1.54) is 25.0 Å². The fraction of sp³-hybridized carbons (Fsp3) is 0.294. The van der Waals surface area contributed by atoms with Gasteiger partial charge in [-0.2, -0.15) is 0 Å². The average molecular weight is 611 g/mol. The van der Waals surface area contributed by atoms with Crippen LogP contribution in [0.3, 0.4) is 0 Å². The highest BCUT2D eigenvalue weighted by molar-refractivity contribution is 6.03. The molecular formula is C34H35FN6O4. The number of amides is 1. The first-order chi connectivity index (χ1) is 21.9. The Labute approximate surface area is 260 Å². The molecule has 1 aliphatic heterocycles. The molecule has 10 nitrogen and oxygen atoms in total. The van der Waals surface area contributed by atoms with E-state index in [-0.39, 0.29) is 17.1 Å². The van der Waals surface area contributed by atoms with Crippen molar-refractivity contribution in [3.63, 3.8) is 0 Å². The summed E-state index contributed by atoms with van der Waals surface area (Å²) in [7, 11) is 1.58. The van der Waals surface area contributed by atoms with Crippen molar-refractivity contribution in [3.8, 4) is 28.7 Å². The summed E-state index contributed by atoms with van der Waals surface area (Å²) in [4.78, 5) is 19.9. The lowest BCUT2D eigenvalue weighted by molar-refractivity contribution is 0.102. The molecule has 0 saturated carbocycles. The lowest BCUT2D eigenvalue weighted by atomic mass is 10.1. The van der Waals surface area contributed by atoms with E-state index in [0.717, 1.165) is 37.3 Å². The zero-order chi connectivity index (χ0) is 31.3. The van der Waals surface area contributed by atoms with Crippen molar-refractivity contribution >= 4 is 22.5 Å². The van der Waals surface area contributed by atoms with Crippen LogP contribution in [0.25, 0.3) is 16.6 Å². The number of carbonyl (C=O) groups is 1. The number of nitrogens with one attached hydrogen (secondary N) is 1. The number of ether oxygens (including phenoxy) is 3. The zero-order valence-corrected chi connectivity index (χ0v) is 25.5. The number of halogens is 1. The summed E-state index contributed by atoms with van der Waals surface area (Å²) in [5, 5.41) is 11.6. The van der Waals surface area contributed by atoms with Crippen LogP contribution in [-0.2, 0) is 0 Å². The summed E-state index contributed by atoms with van der Waals surface area (Å²) < 4.78 is 34.5. The molecule has 1 amide bonds. The smallest absolute Gasteiger partial charge is 0.278 e. The molecule has 3 heterocycles. The minimum Gasteiger partial charge on any atom is -0.493 e. The predicted octanol–water partition coefficient (Wildman–Crippen LogP) is 6.49. The molecule has 0 radical (unpaired) electrons. The molecule has 1 fully saturated rings. The van der Waals surface area contributed by atoms with Crippen molar-refractivity contribution in [3.05, 3.63) is 89.6 Å². The van der Waals surface area contributed by atoms with Crippen LogP contribution in [0.2, 0.25) is 0 Å². The van der Waals surface area contributed by atoms with Crippen LogP contribution in [0.4, 0.5) is 10.1 Å². The summed E-state index contributed by atoms with van der Waals surface area (Å²) in [5.74, 6) is 0.372. The number of anilines is 1. The highest BCUT2D eigenvalue weighted by Gasteiger charge is 2.20. The molecule has 1 N–H and O–H groups in total. The Morgan fingerprint density at radius 1 is 0.978 bits per heavy atom. The molecule has 1 aliphatic rings. The summed E-state index contributed by atoms with van der Waals surface area (Å²) in [5.41, 5.74) is 3.41. The third-order valence-electron chi connectivity index (χ3n) is 7.92. The Bertz CT molecular complexity index is 1840. The Hall–Kier alpha value is -5.03. The second kappa shape index (κ2) is 13.3. The maximum absolute atomic E-state index is 15.3. The number of hydrogen-bond donors (Lipinski definition) is 1. The minimum absolute atomic E-state index is 0.0108. The molecule has 0 aliphatic carbocycles. The fourth-order valence-corrected chi connectivity index (χ4v) is 5.51. The third-order valence-corrected chi connectivity index (χ3v) is 7.92. The second-order valence-corrected chi connectivity index (χ2v) is 11.0. The number of pyridine rings is 1. The number of hydrogen-bond acceptors (Lipinski definition) is 8. The van der Waals surface area contributed by atoms with Crippen molar-refractivity contribution in [1.82, 2.24) is 24.9 Å². The predicted molar refractivity (Wildman–Crippen MR) is 169 cm³/mol. The molecule has 1 saturated heterocycles. The van der Waals surface area contributed by atoms with Crippen LogP contribution in [0.1, 0.15) is 41.0 Å². The SMILES string of the molecule is COc1cc2c(Oc3ccc(NC(=O)c4nnn(-c5ccccc5C)c4C)cc3F)ccnc2cc1OCCCN1CCCC1. The topological polar surface area (TPSA) is 104 Å². The average Bonchev–Trinajstić information content (AvgIpc) is 3.70. The third kappa shape index (κ3) is 6.58. The van der Waals surface area contributed by atoms with Crippen LogP contribution in [0.5, 0.6) is 23.0 Å². The molecule has 232 valence electrons. The van der Waals surface area contributed by atoms with Gasteiger partial charge >= 0.3 is 0 Å². The van der Waals surface area contributed by atoms with E-state index in [2.05, 4.69) is 25.5 Å². The Morgan fingerprint density at radius 2 is 1.80 bits per heavy atom. The van der Waals surface area contributed by atoms with Gasteiger partial charge in [-0.05, 0) is 82.1 Å².